The van der Waals surface area contributed by atoms with Crippen molar-refractivity contribution in [3.05, 3.63) is 30.1 Å². The Balaban J connectivity index is 2.81. The summed E-state index contributed by atoms with van der Waals surface area (Å²) in [6, 6.07) is 6.65. The van der Waals surface area contributed by atoms with Crippen molar-refractivity contribution in [1.29, 1.82) is 0 Å². The van der Waals surface area contributed by atoms with Gasteiger partial charge in [-0.15, -0.1) is 0 Å². The minimum Gasteiger partial charge on any atom is -0.383 e. The molecule has 0 aliphatic heterocycles. The maximum atomic E-state index is 12.7. The van der Waals surface area contributed by atoms with E-state index in [9.17, 15) is 4.39 Å². The summed E-state index contributed by atoms with van der Waals surface area (Å²) in [6.07, 6.45) is 0. The summed E-state index contributed by atoms with van der Waals surface area (Å²) in [4.78, 5) is 0. The normalized spacial score (nSPS) is 9.40. The van der Waals surface area contributed by atoms with Crippen molar-refractivity contribution >= 4 is 5.69 Å². The predicted molar refractivity (Wildman–Crippen MR) is 40.6 cm³/mol. The van der Waals surface area contributed by atoms with Gasteiger partial charge in [0.2, 0.25) is 0 Å². The summed E-state index contributed by atoms with van der Waals surface area (Å²) in [5.74, 6) is -0.190. The van der Waals surface area contributed by atoms with Crippen LogP contribution in [-0.2, 0) is 0 Å². The molecule has 0 atom stereocenters. The molecule has 0 saturated heterocycles. The van der Waals surface area contributed by atoms with Gasteiger partial charge in [0, 0.05) is 6.54 Å². The van der Waals surface area contributed by atoms with E-state index in [1.807, 2.05) is 6.92 Å². The molecule has 10 heavy (non-hydrogen) atoms. The Morgan fingerprint density at radius 3 is 2.70 bits per heavy atom. The molecule has 0 unspecified atom stereocenters. The number of nitrogens with one attached hydrogen (secondary N) is 1. The smallest absolute Gasteiger partial charge is 0.146 e. The van der Waals surface area contributed by atoms with Crippen LogP contribution in [0.15, 0.2) is 24.3 Å². The number of hydrogen-bond donors (Lipinski definition) is 1. The predicted octanol–water partition coefficient (Wildman–Crippen LogP) is 2.26. The Morgan fingerprint density at radius 2 is 2.10 bits per heavy atom. The van der Waals surface area contributed by atoms with Crippen molar-refractivity contribution in [2.75, 3.05) is 11.9 Å². The lowest BCUT2D eigenvalue weighted by molar-refractivity contribution is 0.630. The van der Waals surface area contributed by atoms with Crippen LogP contribution >= 0.6 is 0 Å². The van der Waals surface area contributed by atoms with Crippen molar-refractivity contribution in [1.82, 2.24) is 0 Å². The molecule has 0 aliphatic rings. The van der Waals surface area contributed by atoms with Crippen LogP contribution in [0.3, 0.4) is 0 Å². The summed E-state index contributed by atoms with van der Waals surface area (Å²) in [7, 11) is 0. The molecule has 54 valence electrons. The van der Waals surface area contributed by atoms with Gasteiger partial charge in [0.05, 0.1) is 5.69 Å². The van der Waals surface area contributed by atoms with Crippen molar-refractivity contribution < 1.29 is 4.39 Å². The molecular formula is C8H10FN. The third-order valence-electron chi connectivity index (χ3n) is 1.24. The molecule has 0 radical (unpaired) electrons. The first-order valence-corrected chi connectivity index (χ1v) is 3.33. The Kier molecular flexibility index (Phi) is 2.26. The number of rotatable bonds is 2. The van der Waals surface area contributed by atoms with Gasteiger partial charge >= 0.3 is 0 Å². The fourth-order valence-electron chi connectivity index (χ4n) is 0.795. The SMILES string of the molecule is CCNc1ccccc1F. The maximum Gasteiger partial charge on any atom is 0.146 e. The van der Waals surface area contributed by atoms with Gasteiger partial charge in [-0.3, -0.25) is 0 Å². The summed E-state index contributed by atoms with van der Waals surface area (Å²) in [5.41, 5.74) is 0.574. The van der Waals surface area contributed by atoms with Crippen LogP contribution in [-0.4, -0.2) is 6.54 Å². The Labute approximate surface area is 59.9 Å². The molecule has 1 aromatic carbocycles. The van der Waals surface area contributed by atoms with Crippen molar-refractivity contribution in [3.8, 4) is 0 Å². The molecule has 0 bridgehead atoms. The minimum atomic E-state index is -0.190. The first kappa shape index (κ1) is 7.06. The monoisotopic (exact) mass is 139 g/mol. The topological polar surface area (TPSA) is 12.0 Å². The number of halogens is 1. The molecule has 0 fully saturated rings. The highest BCUT2D eigenvalue weighted by atomic mass is 19.1. The van der Waals surface area contributed by atoms with Gasteiger partial charge in [0.1, 0.15) is 5.82 Å². The average Bonchev–Trinajstić information content (AvgIpc) is 1.94. The number of benzene rings is 1. The molecule has 1 N–H and O–H groups in total. The van der Waals surface area contributed by atoms with Gasteiger partial charge in [-0.25, -0.2) is 4.39 Å². The van der Waals surface area contributed by atoms with Gasteiger partial charge in [-0.05, 0) is 19.1 Å². The fourth-order valence-corrected chi connectivity index (χ4v) is 0.795. The largest absolute Gasteiger partial charge is 0.383 e. The molecule has 0 aliphatic carbocycles. The number of hydrogen-bond acceptors (Lipinski definition) is 1. The molecule has 1 nitrogen and oxygen atoms in total. The van der Waals surface area contributed by atoms with Gasteiger partial charge < -0.3 is 5.32 Å². The van der Waals surface area contributed by atoms with Crippen molar-refractivity contribution in [2.45, 2.75) is 6.92 Å². The van der Waals surface area contributed by atoms with Gasteiger partial charge in [-0.1, -0.05) is 12.1 Å². The van der Waals surface area contributed by atoms with E-state index in [2.05, 4.69) is 5.32 Å². The molecule has 0 amide bonds. The minimum absolute atomic E-state index is 0.190. The maximum absolute atomic E-state index is 12.7. The van der Waals surface area contributed by atoms with E-state index in [4.69, 9.17) is 0 Å². The highest BCUT2D eigenvalue weighted by molar-refractivity contribution is 5.43. The zero-order chi connectivity index (χ0) is 7.40. The Hall–Kier alpha value is -1.05. The fraction of sp³-hybridized carbons (Fsp3) is 0.250. The van der Waals surface area contributed by atoms with E-state index in [0.29, 0.717) is 5.69 Å². The van der Waals surface area contributed by atoms with Crippen LogP contribution in [0.2, 0.25) is 0 Å². The summed E-state index contributed by atoms with van der Waals surface area (Å²) in [5, 5.41) is 2.90. The quantitative estimate of drug-likeness (QED) is 0.662. The van der Waals surface area contributed by atoms with Crippen LogP contribution < -0.4 is 5.32 Å². The molecule has 0 saturated carbocycles. The third kappa shape index (κ3) is 1.47. The number of anilines is 1. The second-order valence-electron chi connectivity index (χ2n) is 2.01. The standard InChI is InChI=1S/C8H10FN/c1-2-10-8-6-4-3-5-7(8)9/h3-6,10H,2H2,1H3. The molecule has 0 heterocycles. The van der Waals surface area contributed by atoms with Crippen LogP contribution in [0.1, 0.15) is 6.92 Å². The zero-order valence-corrected chi connectivity index (χ0v) is 5.89. The summed E-state index contributed by atoms with van der Waals surface area (Å²) in [6.45, 7) is 2.69. The van der Waals surface area contributed by atoms with E-state index >= 15 is 0 Å². The van der Waals surface area contributed by atoms with E-state index in [1.165, 1.54) is 6.07 Å². The second kappa shape index (κ2) is 3.20. The Morgan fingerprint density at radius 1 is 1.40 bits per heavy atom. The molecule has 0 spiro atoms. The molecular weight excluding hydrogens is 129 g/mol. The zero-order valence-electron chi connectivity index (χ0n) is 5.89. The molecule has 1 aromatic rings. The van der Waals surface area contributed by atoms with Gasteiger partial charge in [0.25, 0.3) is 0 Å². The Bertz CT molecular complexity index is 210. The van der Waals surface area contributed by atoms with Crippen LogP contribution in [0.4, 0.5) is 10.1 Å². The lowest BCUT2D eigenvalue weighted by Crippen LogP contribution is -1.98. The first-order valence-electron chi connectivity index (χ1n) is 3.33. The lowest BCUT2D eigenvalue weighted by atomic mass is 10.3. The lowest BCUT2D eigenvalue weighted by Gasteiger charge is -2.01. The van der Waals surface area contributed by atoms with Crippen molar-refractivity contribution in [2.24, 2.45) is 0 Å². The number of para-hydroxylation sites is 1. The molecule has 0 aromatic heterocycles. The van der Waals surface area contributed by atoms with E-state index in [-0.39, 0.29) is 5.82 Å². The molecule has 2 heteroatoms. The summed E-state index contributed by atoms with van der Waals surface area (Å²) >= 11 is 0. The summed E-state index contributed by atoms with van der Waals surface area (Å²) < 4.78 is 12.7. The highest BCUT2D eigenvalue weighted by Gasteiger charge is 1.95. The van der Waals surface area contributed by atoms with Crippen LogP contribution in [0.25, 0.3) is 0 Å². The first-order chi connectivity index (χ1) is 4.84. The second-order valence-corrected chi connectivity index (χ2v) is 2.01. The van der Waals surface area contributed by atoms with Crippen LogP contribution in [0, 0.1) is 5.82 Å². The van der Waals surface area contributed by atoms with E-state index < -0.39 is 0 Å². The van der Waals surface area contributed by atoms with E-state index in [0.717, 1.165) is 6.54 Å². The average molecular weight is 139 g/mol. The van der Waals surface area contributed by atoms with Crippen molar-refractivity contribution in [3.63, 3.8) is 0 Å². The van der Waals surface area contributed by atoms with Gasteiger partial charge in [-0.2, -0.15) is 0 Å². The highest BCUT2D eigenvalue weighted by Crippen LogP contribution is 2.10. The van der Waals surface area contributed by atoms with Gasteiger partial charge in [0.15, 0.2) is 0 Å². The van der Waals surface area contributed by atoms with E-state index in [1.54, 1.807) is 18.2 Å². The third-order valence-corrected chi connectivity index (χ3v) is 1.24. The van der Waals surface area contributed by atoms with Crippen LogP contribution in [0.5, 0.6) is 0 Å². The molecule has 1 rings (SSSR count).